The molecule has 1 N–H and O–H groups in total. The van der Waals surface area contributed by atoms with Crippen LogP contribution in [0.25, 0.3) is 11.0 Å². The normalized spacial score (nSPS) is 20.0. The van der Waals surface area contributed by atoms with Gasteiger partial charge in [0.15, 0.2) is 4.77 Å². The second-order valence-corrected chi connectivity index (χ2v) is 8.19. The lowest BCUT2D eigenvalue weighted by molar-refractivity contribution is 0.622. The number of H-pyrrole nitrogens is 1. The number of nitrogens with one attached hydrogen (secondary N) is 1. The summed E-state index contributed by atoms with van der Waals surface area (Å²) in [6.07, 6.45) is 0. The summed E-state index contributed by atoms with van der Waals surface area (Å²) >= 11 is 12.6. The van der Waals surface area contributed by atoms with Crippen LogP contribution in [0.5, 0.6) is 0 Å². The summed E-state index contributed by atoms with van der Waals surface area (Å²) in [5.74, 6) is 3.32. The van der Waals surface area contributed by atoms with Crippen LogP contribution >= 0.6 is 51.7 Å². The Morgan fingerprint density at radius 3 is 3.05 bits per heavy atom. The van der Waals surface area contributed by atoms with Crippen LogP contribution in [0.2, 0.25) is 0 Å². The van der Waals surface area contributed by atoms with Gasteiger partial charge in [-0.3, -0.25) is 0 Å². The molecule has 0 saturated carbocycles. The lowest BCUT2D eigenvalue weighted by atomic mass is 10.3. The van der Waals surface area contributed by atoms with E-state index in [9.17, 15) is 4.39 Å². The SMILES string of the molecule is Fc1cc2[nH]c(=S)n(CC3CSCCS3)c2cc1Br. The van der Waals surface area contributed by atoms with Gasteiger partial charge in [-0.2, -0.15) is 23.5 Å². The summed E-state index contributed by atoms with van der Waals surface area (Å²) in [6, 6.07) is 3.30. The van der Waals surface area contributed by atoms with Gasteiger partial charge in [0.1, 0.15) is 5.82 Å². The molecule has 0 bridgehead atoms. The third-order valence-corrected chi connectivity index (χ3v) is 6.84. The van der Waals surface area contributed by atoms with Gasteiger partial charge in [-0.05, 0) is 34.2 Å². The average Bonchev–Trinajstić information content (AvgIpc) is 2.68. The highest BCUT2D eigenvalue weighted by atomic mass is 79.9. The molecule has 2 heterocycles. The zero-order valence-electron chi connectivity index (χ0n) is 9.99. The summed E-state index contributed by atoms with van der Waals surface area (Å²) < 4.78 is 16.8. The standard InChI is InChI=1S/C12H12BrFN2S3/c13-8-3-11-10(4-9(8)14)15-12(17)16(11)5-7-6-18-1-2-19-7/h3-4,7H,1-2,5-6H2,(H,15,17). The van der Waals surface area contributed by atoms with Crippen LogP contribution in [-0.4, -0.2) is 32.1 Å². The molecule has 1 saturated heterocycles. The minimum atomic E-state index is -0.265. The molecule has 0 spiro atoms. The predicted molar refractivity (Wildman–Crippen MR) is 88.4 cm³/mol. The van der Waals surface area contributed by atoms with Gasteiger partial charge in [0.2, 0.25) is 0 Å². The van der Waals surface area contributed by atoms with Crippen molar-refractivity contribution < 1.29 is 4.39 Å². The van der Waals surface area contributed by atoms with Crippen LogP contribution in [0.3, 0.4) is 0 Å². The van der Waals surface area contributed by atoms with E-state index in [1.807, 2.05) is 23.5 Å². The van der Waals surface area contributed by atoms with Crippen LogP contribution in [0.15, 0.2) is 16.6 Å². The Morgan fingerprint density at radius 1 is 1.47 bits per heavy atom. The van der Waals surface area contributed by atoms with E-state index in [2.05, 4.69) is 25.5 Å². The quantitative estimate of drug-likeness (QED) is 0.779. The lowest BCUT2D eigenvalue weighted by Gasteiger charge is -2.21. The van der Waals surface area contributed by atoms with E-state index in [0.717, 1.165) is 23.3 Å². The number of thioether (sulfide) groups is 2. The average molecular weight is 379 g/mol. The molecule has 1 atom stereocenters. The summed E-state index contributed by atoms with van der Waals surface area (Å²) in [4.78, 5) is 3.09. The van der Waals surface area contributed by atoms with E-state index in [1.165, 1.54) is 17.6 Å². The zero-order chi connectivity index (χ0) is 13.4. The van der Waals surface area contributed by atoms with Crippen LogP contribution in [0, 0.1) is 10.6 Å². The van der Waals surface area contributed by atoms with Gasteiger partial charge in [-0.1, -0.05) is 0 Å². The molecule has 0 amide bonds. The maximum atomic E-state index is 13.5. The van der Waals surface area contributed by atoms with Crippen molar-refractivity contribution in [1.29, 1.82) is 0 Å². The number of hydrogen-bond acceptors (Lipinski definition) is 3. The van der Waals surface area contributed by atoms with E-state index in [-0.39, 0.29) is 5.82 Å². The first kappa shape index (κ1) is 14.0. The van der Waals surface area contributed by atoms with Crippen molar-refractivity contribution in [3.63, 3.8) is 0 Å². The minimum Gasteiger partial charge on any atom is -0.330 e. The van der Waals surface area contributed by atoms with E-state index in [4.69, 9.17) is 12.2 Å². The first-order valence-corrected chi connectivity index (χ1v) is 9.32. The molecule has 0 aliphatic carbocycles. The molecular formula is C12H12BrFN2S3. The lowest BCUT2D eigenvalue weighted by Crippen LogP contribution is -2.20. The van der Waals surface area contributed by atoms with E-state index in [1.54, 1.807) is 6.07 Å². The maximum Gasteiger partial charge on any atom is 0.178 e. The van der Waals surface area contributed by atoms with Crippen molar-refractivity contribution in [2.75, 3.05) is 17.3 Å². The zero-order valence-corrected chi connectivity index (χ0v) is 14.0. The molecule has 2 nitrogen and oxygen atoms in total. The van der Waals surface area contributed by atoms with Gasteiger partial charge >= 0.3 is 0 Å². The summed E-state index contributed by atoms with van der Waals surface area (Å²) in [6.45, 7) is 0.884. The summed E-state index contributed by atoms with van der Waals surface area (Å²) in [5.41, 5.74) is 1.73. The number of imidazole rings is 1. The number of nitrogens with zero attached hydrogens (tertiary/aromatic N) is 1. The van der Waals surface area contributed by atoms with Gasteiger partial charge in [0.25, 0.3) is 0 Å². The molecule has 1 aliphatic rings. The third-order valence-electron chi connectivity index (χ3n) is 3.09. The number of rotatable bonds is 2. The molecule has 19 heavy (non-hydrogen) atoms. The van der Waals surface area contributed by atoms with Crippen LogP contribution in [0.1, 0.15) is 0 Å². The fraction of sp³-hybridized carbons (Fsp3) is 0.417. The molecule has 1 aromatic heterocycles. The molecule has 3 rings (SSSR count). The Balaban J connectivity index is 2.00. The van der Waals surface area contributed by atoms with E-state index < -0.39 is 0 Å². The fourth-order valence-corrected chi connectivity index (χ4v) is 5.45. The number of halogens is 2. The predicted octanol–water partition coefficient (Wildman–Crippen LogP) is 4.45. The number of benzene rings is 1. The van der Waals surface area contributed by atoms with Gasteiger partial charge in [-0.25, -0.2) is 4.39 Å². The second kappa shape index (κ2) is 5.79. The molecule has 2 aromatic rings. The largest absolute Gasteiger partial charge is 0.330 e. The fourth-order valence-electron chi connectivity index (χ4n) is 2.18. The number of hydrogen-bond donors (Lipinski definition) is 1. The van der Waals surface area contributed by atoms with Crippen LogP contribution in [0.4, 0.5) is 4.39 Å². The van der Waals surface area contributed by atoms with Crippen molar-refractivity contribution in [2.45, 2.75) is 11.8 Å². The monoisotopic (exact) mass is 378 g/mol. The Morgan fingerprint density at radius 2 is 2.32 bits per heavy atom. The van der Waals surface area contributed by atoms with Gasteiger partial charge in [0, 0.05) is 35.1 Å². The molecule has 1 aromatic carbocycles. The van der Waals surface area contributed by atoms with E-state index >= 15 is 0 Å². The van der Waals surface area contributed by atoms with E-state index in [0.29, 0.717) is 14.5 Å². The minimum absolute atomic E-state index is 0.265. The molecule has 7 heteroatoms. The van der Waals surface area contributed by atoms with Crippen LogP contribution in [-0.2, 0) is 6.54 Å². The molecule has 1 aliphatic heterocycles. The van der Waals surface area contributed by atoms with Crippen molar-refractivity contribution in [1.82, 2.24) is 9.55 Å². The second-order valence-electron chi connectivity index (χ2n) is 4.39. The highest BCUT2D eigenvalue weighted by Crippen LogP contribution is 2.28. The van der Waals surface area contributed by atoms with Crippen molar-refractivity contribution >= 4 is 62.7 Å². The Bertz CT molecular complexity index is 661. The molecule has 102 valence electrons. The molecular weight excluding hydrogens is 367 g/mol. The summed E-state index contributed by atoms with van der Waals surface area (Å²) in [7, 11) is 0. The smallest absolute Gasteiger partial charge is 0.178 e. The number of aromatic nitrogens is 2. The van der Waals surface area contributed by atoms with Gasteiger partial charge in [0.05, 0.1) is 15.5 Å². The van der Waals surface area contributed by atoms with Crippen molar-refractivity contribution in [3.8, 4) is 0 Å². The summed E-state index contributed by atoms with van der Waals surface area (Å²) in [5, 5.41) is 0.577. The first-order chi connectivity index (χ1) is 9.15. The molecule has 1 fully saturated rings. The topological polar surface area (TPSA) is 20.7 Å². The first-order valence-electron chi connectivity index (χ1n) is 5.92. The van der Waals surface area contributed by atoms with Crippen molar-refractivity contribution in [2.24, 2.45) is 0 Å². The number of aromatic amines is 1. The van der Waals surface area contributed by atoms with Crippen LogP contribution < -0.4 is 0 Å². The Kier molecular flexibility index (Phi) is 4.26. The Labute approximate surface area is 132 Å². The van der Waals surface area contributed by atoms with Crippen molar-refractivity contribution in [3.05, 3.63) is 27.2 Å². The van der Waals surface area contributed by atoms with Gasteiger partial charge < -0.3 is 9.55 Å². The highest BCUT2D eigenvalue weighted by Gasteiger charge is 2.17. The van der Waals surface area contributed by atoms with Gasteiger partial charge in [-0.15, -0.1) is 0 Å². The Hall–Kier alpha value is 0.0200. The number of fused-ring (bicyclic) bond motifs is 1. The third kappa shape index (κ3) is 2.89. The molecule has 0 radical (unpaired) electrons. The highest BCUT2D eigenvalue weighted by molar-refractivity contribution is 9.10. The molecule has 1 unspecified atom stereocenters. The maximum absolute atomic E-state index is 13.5.